The number of aromatic amines is 1. The number of para-hydroxylation sites is 2. The number of unbranched alkanes of at least 4 members (excludes halogenated alkanes) is 1. The van der Waals surface area contributed by atoms with Gasteiger partial charge >= 0.3 is 0 Å². The number of rotatable bonds is 5. The Balaban J connectivity index is 1.57. The van der Waals surface area contributed by atoms with Gasteiger partial charge in [-0.25, -0.2) is 4.98 Å². The van der Waals surface area contributed by atoms with Gasteiger partial charge in [-0.3, -0.25) is 0 Å². The quantitative estimate of drug-likeness (QED) is 0.689. The maximum Gasteiger partial charge on any atom is 0.174 e. The molecule has 0 aliphatic carbocycles. The molecule has 92 valence electrons. The van der Waals surface area contributed by atoms with Crippen molar-refractivity contribution in [2.45, 2.75) is 25.8 Å². The van der Waals surface area contributed by atoms with Gasteiger partial charge < -0.3 is 4.57 Å². The molecule has 0 aliphatic rings. The lowest BCUT2D eigenvalue weighted by molar-refractivity contribution is 0.611. The van der Waals surface area contributed by atoms with Gasteiger partial charge in [0.15, 0.2) is 5.82 Å². The molecule has 1 N–H and O–H groups in total. The highest BCUT2D eigenvalue weighted by molar-refractivity contribution is 5.74. The normalized spacial score (nSPS) is 11.1. The molecule has 0 bridgehead atoms. The lowest BCUT2D eigenvalue weighted by atomic mass is 10.2. The number of aromatic nitrogens is 6. The monoisotopic (exact) mass is 242 g/mol. The fourth-order valence-electron chi connectivity index (χ4n) is 2.04. The van der Waals surface area contributed by atoms with Crippen molar-refractivity contribution in [3.05, 3.63) is 36.4 Å². The average Bonchev–Trinajstić information content (AvgIpc) is 3.04. The van der Waals surface area contributed by atoms with E-state index in [2.05, 4.69) is 36.2 Å². The summed E-state index contributed by atoms with van der Waals surface area (Å²) in [4.78, 5) is 4.37. The van der Waals surface area contributed by atoms with Crippen molar-refractivity contribution in [1.82, 2.24) is 30.2 Å². The van der Waals surface area contributed by atoms with Crippen molar-refractivity contribution < 1.29 is 0 Å². The van der Waals surface area contributed by atoms with Crippen LogP contribution in [0.5, 0.6) is 0 Å². The first-order chi connectivity index (χ1) is 8.93. The van der Waals surface area contributed by atoms with Gasteiger partial charge in [-0.1, -0.05) is 17.3 Å². The van der Waals surface area contributed by atoms with Gasteiger partial charge in [-0.05, 0) is 25.0 Å². The van der Waals surface area contributed by atoms with Crippen LogP contribution in [-0.2, 0) is 13.0 Å². The highest BCUT2D eigenvalue weighted by atomic mass is 15.5. The molecule has 0 fully saturated rings. The van der Waals surface area contributed by atoms with Crippen LogP contribution < -0.4 is 0 Å². The van der Waals surface area contributed by atoms with Crippen molar-refractivity contribution in [3.8, 4) is 0 Å². The van der Waals surface area contributed by atoms with Gasteiger partial charge in [0.25, 0.3) is 0 Å². The molecule has 2 aromatic heterocycles. The van der Waals surface area contributed by atoms with Crippen LogP contribution in [0.4, 0.5) is 0 Å². The lowest BCUT2D eigenvalue weighted by Gasteiger charge is -2.02. The smallest absolute Gasteiger partial charge is 0.174 e. The Hall–Kier alpha value is -2.24. The highest BCUT2D eigenvalue weighted by Gasteiger charge is 2.02. The number of hydrogen-bond donors (Lipinski definition) is 1. The van der Waals surface area contributed by atoms with Crippen molar-refractivity contribution in [2.75, 3.05) is 0 Å². The molecule has 6 nitrogen and oxygen atoms in total. The minimum atomic E-state index is 0.783. The molecule has 0 spiro atoms. The fourth-order valence-corrected chi connectivity index (χ4v) is 2.04. The van der Waals surface area contributed by atoms with Crippen molar-refractivity contribution in [2.24, 2.45) is 0 Å². The summed E-state index contributed by atoms with van der Waals surface area (Å²) in [5.41, 5.74) is 2.24. The van der Waals surface area contributed by atoms with Gasteiger partial charge in [0.2, 0.25) is 0 Å². The van der Waals surface area contributed by atoms with E-state index < -0.39 is 0 Å². The molecule has 6 heteroatoms. The maximum absolute atomic E-state index is 4.37. The second-order valence-corrected chi connectivity index (χ2v) is 4.21. The highest BCUT2D eigenvalue weighted by Crippen LogP contribution is 2.12. The van der Waals surface area contributed by atoms with Crippen LogP contribution in [0.3, 0.4) is 0 Å². The lowest BCUT2D eigenvalue weighted by Crippen LogP contribution is -1.97. The summed E-state index contributed by atoms with van der Waals surface area (Å²) < 4.78 is 2.19. The average molecular weight is 242 g/mol. The topological polar surface area (TPSA) is 72.3 Å². The van der Waals surface area contributed by atoms with Crippen LogP contribution in [0.25, 0.3) is 11.0 Å². The second kappa shape index (κ2) is 4.95. The van der Waals surface area contributed by atoms with E-state index in [0.29, 0.717) is 0 Å². The Bertz CT molecular complexity index is 612. The van der Waals surface area contributed by atoms with E-state index in [1.165, 1.54) is 5.52 Å². The largest absolute Gasteiger partial charge is 0.331 e. The van der Waals surface area contributed by atoms with E-state index in [4.69, 9.17) is 0 Å². The third kappa shape index (κ3) is 2.22. The number of benzene rings is 1. The number of hydrogen-bond acceptors (Lipinski definition) is 4. The summed E-state index contributed by atoms with van der Waals surface area (Å²) in [5.74, 6) is 0.783. The summed E-state index contributed by atoms with van der Waals surface area (Å²) in [6, 6.07) is 8.18. The maximum atomic E-state index is 4.37. The molecular weight excluding hydrogens is 228 g/mol. The Morgan fingerprint density at radius 3 is 3.00 bits per heavy atom. The van der Waals surface area contributed by atoms with Crippen LogP contribution in [-0.4, -0.2) is 30.2 Å². The Kier molecular flexibility index (Phi) is 2.99. The number of imidazole rings is 1. The number of fused-ring (bicyclic) bond motifs is 1. The minimum absolute atomic E-state index is 0.783. The second-order valence-electron chi connectivity index (χ2n) is 4.21. The first-order valence-electron chi connectivity index (χ1n) is 6.06. The summed E-state index contributed by atoms with van der Waals surface area (Å²) in [7, 11) is 0. The zero-order chi connectivity index (χ0) is 12.2. The minimum Gasteiger partial charge on any atom is -0.331 e. The third-order valence-corrected chi connectivity index (χ3v) is 2.97. The van der Waals surface area contributed by atoms with Crippen molar-refractivity contribution in [1.29, 1.82) is 0 Å². The first-order valence-corrected chi connectivity index (χ1v) is 6.06. The standard InChI is InChI=1S/C12H14N6/c1-2-6-11-10(5-1)13-9-18(11)8-4-3-7-12-14-16-17-15-12/h1-2,5-6,9H,3-4,7-8H2,(H,14,15,16,17). The molecule has 0 unspecified atom stereocenters. The Morgan fingerprint density at radius 1 is 1.17 bits per heavy atom. The molecule has 0 radical (unpaired) electrons. The summed E-state index contributed by atoms with van der Waals surface area (Å²) in [6.07, 6.45) is 4.89. The summed E-state index contributed by atoms with van der Waals surface area (Å²) in [5, 5.41) is 13.9. The molecular formula is C12H14N6. The number of nitrogens with one attached hydrogen (secondary N) is 1. The zero-order valence-electron chi connectivity index (χ0n) is 9.95. The molecule has 0 saturated carbocycles. The van der Waals surface area contributed by atoms with E-state index in [1.807, 2.05) is 24.5 Å². The molecule has 0 amide bonds. The van der Waals surface area contributed by atoms with Gasteiger partial charge in [0, 0.05) is 13.0 Å². The molecule has 3 rings (SSSR count). The number of aryl methyl sites for hydroxylation is 2. The third-order valence-electron chi connectivity index (χ3n) is 2.97. The predicted molar refractivity (Wildman–Crippen MR) is 66.8 cm³/mol. The van der Waals surface area contributed by atoms with E-state index >= 15 is 0 Å². The molecule has 3 aromatic rings. The SMILES string of the molecule is c1ccc2c(c1)ncn2CCCCc1nn[nH]n1. The van der Waals surface area contributed by atoms with E-state index in [1.54, 1.807) is 0 Å². The van der Waals surface area contributed by atoms with Crippen LogP contribution in [0, 0.1) is 0 Å². The van der Waals surface area contributed by atoms with Crippen molar-refractivity contribution in [3.63, 3.8) is 0 Å². The summed E-state index contributed by atoms with van der Waals surface area (Å²) >= 11 is 0. The first kappa shape index (κ1) is 10.9. The zero-order valence-corrected chi connectivity index (χ0v) is 9.95. The molecule has 2 heterocycles. The van der Waals surface area contributed by atoms with E-state index in [9.17, 15) is 0 Å². The van der Waals surface area contributed by atoms with E-state index in [-0.39, 0.29) is 0 Å². The molecule has 0 saturated heterocycles. The van der Waals surface area contributed by atoms with Crippen LogP contribution in [0.15, 0.2) is 30.6 Å². The van der Waals surface area contributed by atoms with Crippen LogP contribution in [0.2, 0.25) is 0 Å². The fraction of sp³-hybridized carbons (Fsp3) is 0.333. The molecule has 0 aliphatic heterocycles. The molecule has 0 atom stereocenters. The molecule has 1 aromatic carbocycles. The predicted octanol–water partition coefficient (Wildman–Crippen LogP) is 1.57. The molecule has 18 heavy (non-hydrogen) atoms. The van der Waals surface area contributed by atoms with Crippen LogP contribution in [0.1, 0.15) is 18.7 Å². The van der Waals surface area contributed by atoms with Gasteiger partial charge in [0.1, 0.15) is 0 Å². The van der Waals surface area contributed by atoms with Crippen molar-refractivity contribution >= 4 is 11.0 Å². The number of nitrogens with zero attached hydrogens (tertiary/aromatic N) is 5. The van der Waals surface area contributed by atoms with Gasteiger partial charge in [0.05, 0.1) is 17.4 Å². The number of H-pyrrole nitrogens is 1. The van der Waals surface area contributed by atoms with Gasteiger partial charge in [-0.2, -0.15) is 5.21 Å². The number of tetrazole rings is 1. The Labute approximate surface area is 104 Å². The van der Waals surface area contributed by atoms with E-state index in [0.717, 1.165) is 37.1 Å². The summed E-state index contributed by atoms with van der Waals surface area (Å²) in [6.45, 7) is 0.971. The Morgan fingerprint density at radius 2 is 2.11 bits per heavy atom. The van der Waals surface area contributed by atoms with Crippen LogP contribution >= 0.6 is 0 Å². The van der Waals surface area contributed by atoms with Gasteiger partial charge in [-0.15, -0.1) is 10.2 Å².